The first-order valence-corrected chi connectivity index (χ1v) is 19.8. The number of nitrogens with zero attached hydrogens (tertiary/aromatic N) is 2. The minimum atomic E-state index is -0.0959. The maximum Gasteiger partial charge on any atom is 0.0541 e. The van der Waals surface area contributed by atoms with E-state index in [1.807, 2.05) is 0 Å². The van der Waals surface area contributed by atoms with Gasteiger partial charge in [-0.3, -0.25) is 0 Å². The summed E-state index contributed by atoms with van der Waals surface area (Å²) in [6.45, 7) is 9.46. The lowest BCUT2D eigenvalue weighted by atomic mass is 9.82. The Balaban J connectivity index is 1.04. The van der Waals surface area contributed by atoms with E-state index < -0.39 is 0 Å². The van der Waals surface area contributed by atoms with Crippen LogP contribution in [0.3, 0.4) is 0 Å². The smallest absolute Gasteiger partial charge is 0.0541 e. The number of anilines is 3. The first kappa shape index (κ1) is 32.8. The molecule has 11 rings (SSSR count). The average molecular weight is 719 g/mol. The Hall–Kier alpha value is -6.64. The number of para-hydroxylation sites is 2. The molecule has 0 saturated carbocycles. The number of benzene rings is 8. The summed E-state index contributed by atoms with van der Waals surface area (Å²) < 4.78 is 2.38. The van der Waals surface area contributed by atoms with Crippen LogP contribution in [0.15, 0.2) is 182 Å². The van der Waals surface area contributed by atoms with Crippen molar-refractivity contribution in [1.82, 2.24) is 4.57 Å². The molecule has 0 aliphatic heterocycles. The van der Waals surface area contributed by atoms with Crippen molar-refractivity contribution in [1.29, 1.82) is 0 Å². The van der Waals surface area contributed by atoms with E-state index >= 15 is 0 Å². The zero-order valence-electron chi connectivity index (χ0n) is 32.2. The van der Waals surface area contributed by atoms with Crippen LogP contribution < -0.4 is 4.90 Å². The summed E-state index contributed by atoms with van der Waals surface area (Å²) in [6.07, 6.45) is 0. The summed E-state index contributed by atoms with van der Waals surface area (Å²) in [5.74, 6) is 0. The topological polar surface area (TPSA) is 8.17 Å². The third-order valence-corrected chi connectivity index (χ3v) is 12.8. The highest BCUT2D eigenvalue weighted by Gasteiger charge is 2.37. The van der Waals surface area contributed by atoms with Gasteiger partial charge in [-0.15, -0.1) is 0 Å². The van der Waals surface area contributed by atoms with Gasteiger partial charge in [-0.1, -0.05) is 143 Å². The van der Waals surface area contributed by atoms with Gasteiger partial charge < -0.3 is 9.47 Å². The van der Waals surface area contributed by atoms with E-state index in [2.05, 4.69) is 219 Å². The summed E-state index contributed by atoms with van der Waals surface area (Å²) in [4.78, 5) is 2.46. The van der Waals surface area contributed by atoms with Gasteiger partial charge in [-0.05, 0) is 122 Å². The zero-order chi connectivity index (χ0) is 37.8. The summed E-state index contributed by atoms with van der Waals surface area (Å²) >= 11 is 0. The molecule has 0 saturated heterocycles. The molecule has 9 aromatic rings. The van der Waals surface area contributed by atoms with Gasteiger partial charge in [0.25, 0.3) is 0 Å². The first-order valence-electron chi connectivity index (χ1n) is 19.8. The van der Waals surface area contributed by atoms with Crippen LogP contribution in [-0.4, -0.2) is 4.57 Å². The molecule has 268 valence electrons. The van der Waals surface area contributed by atoms with Crippen LogP contribution in [0.1, 0.15) is 49.9 Å². The van der Waals surface area contributed by atoms with Crippen LogP contribution in [0.25, 0.3) is 60.9 Å². The SMILES string of the molecule is CC1(C)c2ccccc2-c2ccc(N(c3ccc(-c4ccc5c(c4)c4ccccc4n5-c4ccccc4)cc3)c3ccc4c(c3)C(C)(C)c3ccccc3-4)cc21. The van der Waals surface area contributed by atoms with Crippen molar-refractivity contribution < 1.29 is 0 Å². The van der Waals surface area contributed by atoms with Gasteiger partial charge in [0.05, 0.1) is 11.0 Å². The first-order chi connectivity index (χ1) is 27.3. The van der Waals surface area contributed by atoms with Crippen molar-refractivity contribution in [2.24, 2.45) is 0 Å². The van der Waals surface area contributed by atoms with Crippen LogP contribution >= 0.6 is 0 Å². The molecule has 0 N–H and O–H groups in total. The molecule has 2 nitrogen and oxygen atoms in total. The largest absolute Gasteiger partial charge is 0.310 e. The van der Waals surface area contributed by atoms with Gasteiger partial charge >= 0.3 is 0 Å². The third kappa shape index (κ3) is 4.69. The maximum absolute atomic E-state index is 2.46. The number of fused-ring (bicyclic) bond motifs is 9. The van der Waals surface area contributed by atoms with Crippen molar-refractivity contribution in [3.63, 3.8) is 0 Å². The molecule has 1 heterocycles. The highest BCUT2D eigenvalue weighted by Crippen LogP contribution is 2.53. The lowest BCUT2D eigenvalue weighted by Gasteiger charge is -2.30. The number of hydrogen-bond acceptors (Lipinski definition) is 1. The van der Waals surface area contributed by atoms with Gasteiger partial charge in [-0.2, -0.15) is 0 Å². The van der Waals surface area contributed by atoms with E-state index in [9.17, 15) is 0 Å². The molecule has 0 bridgehead atoms. The number of aromatic nitrogens is 1. The molecular formula is C54H42N2. The van der Waals surface area contributed by atoms with Crippen molar-refractivity contribution in [2.45, 2.75) is 38.5 Å². The predicted octanol–water partition coefficient (Wildman–Crippen LogP) is 14.5. The molecule has 2 aliphatic rings. The fourth-order valence-electron chi connectivity index (χ4n) is 9.92. The molecule has 2 aliphatic carbocycles. The standard InChI is InChI=1S/C54H42N2/c1-53(2)47-19-11-8-16-41(47)43-29-27-39(33-49(43)53)55(40-28-30-44-42-17-9-12-20-48(42)54(3,4)50(44)34-40)38-25-22-35(23-26-38)36-24-31-52-46(32-36)45-18-10-13-21-51(45)56(52)37-14-6-5-7-15-37/h5-34H,1-4H3. The lowest BCUT2D eigenvalue weighted by molar-refractivity contribution is 0.660. The van der Waals surface area contributed by atoms with Crippen LogP contribution in [0.4, 0.5) is 17.1 Å². The summed E-state index contributed by atoms with van der Waals surface area (Å²) in [5.41, 5.74) is 20.2. The van der Waals surface area contributed by atoms with Crippen molar-refractivity contribution >= 4 is 38.9 Å². The molecule has 8 aromatic carbocycles. The van der Waals surface area contributed by atoms with Crippen LogP contribution in [0.5, 0.6) is 0 Å². The van der Waals surface area contributed by atoms with Crippen LogP contribution in [0.2, 0.25) is 0 Å². The molecule has 56 heavy (non-hydrogen) atoms. The van der Waals surface area contributed by atoms with Crippen molar-refractivity contribution in [2.75, 3.05) is 4.90 Å². The van der Waals surface area contributed by atoms with E-state index in [1.54, 1.807) is 0 Å². The maximum atomic E-state index is 2.46. The monoisotopic (exact) mass is 718 g/mol. The Labute approximate surface area is 328 Å². The van der Waals surface area contributed by atoms with E-state index in [1.165, 1.54) is 94.5 Å². The Kier molecular flexibility index (Phi) is 6.98. The minimum absolute atomic E-state index is 0.0959. The number of hydrogen-bond donors (Lipinski definition) is 0. The Morgan fingerprint density at radius 1 is 0.357 bits per heavy atom. The summed E-state index contributed by atoms with van der Waals surface area (Å²) in [5, 5.41) is 2.52. The van der Waals surface area contributed by atoms with E-state index in [0.717, 1.165) is 5.69 Å². The van der Waals surface area contributed by atoms with Gasteiger partial charge in [0.2, 0.25) is 0 Å². The fourth-order valence-corrected chi connectivity index (χ4v) is 9.92. The quantitative estimate of drug-likeness (QED) is 0.172. The second kappa shape index (κ2) is 11.9. The van der Waals surface area contributed by atoms with Gasteiger partial charge in [0.15, 0.2) is 0 Å². The van der Waals surface area contributed by atoms with E-state index in [-0.39, 0.29) is 10.8 Å². The Morgan fingerprint density at radius 2 is 0.839 bits per heavy atom. The molecule has 0 amide bonds. The van der Waals surface area contributed by atoms with Crippen molar-refractivity contribution in [3.8, 4) is 39.1 Å². The molecule has 0 fully saturated rings. The van der Waals surface area contributed by atoms with Gasteiger partial charge in [0.1, 0.15) is 0 Å². The number of rotatable bonds is 5. The normalized spacial score (nSPS) is 14.4. The van der Waals surface area contributed by atoms with Crippen LogP contribution in [-0.2, 0) is 10.8 Å². The van der Waals surface area contributed by atoms with E-state index in [0.29, 0.717) is 0 Å². The summed E-state index contributed by atoms with van der Waals surface area (Å²) in [7, 11) is 0. The fraction of sp³-hybridized carbons (Fsp3) is 0.111. The molecule has 1 aromatic heterocycles. The average Bonchev–Trinajstić information content (AvgIpc) is 3.78. The van der Waals surface area contributed by atoms with Gasteiger partial charge in [-0.25, -0.2) is 0 Å². The second-order valence-corrected chi connectivity index (χ2v) is 16.6. The molecule has 0 unspecified atom stereocenters. The lowest BCUT2D eigenvalue weighted by Crippen LogP contribution is -2.18. The molecule has 2 heteroatoms. The van der Waals surface area contributed by atoms with E-state index in [4.69, 9.17) is 0 Å². The Bertz CT molecular complexity index is 2910. The summed E-state index contributed by atoms with van der Waals surface area (Å²) in [6, 6.07) is 67.5. The highest BCUT2D eigenvalue weighted by molar-refractivity contribution is 6.10. The molecule has 0 spiro atoms. The molecule has 0 radical (unpaired) electrons. The van der Waals surface area contributed by atoms with Crippen LogP contribution in [0, 0.1) is 0 Å². The predicted molar refractivity (Wildman–Crippen MR) is 236 cm³/mol. The van der Waals surface area contributed by atoms with Crippen molar-refractivity contribution in [3.05, 3.63) is 204 Å². The Morgan fingerprint density at radius 3 is 1.46 bits per heavy atom. The zero-order valence-corrected chi connectivity index (χ0v) is 32.2. The minimum Gasteiger partial charge on any atom is -0.310 e. The highest BCUT2D eigenvalue weighted by atomic mass is 15.1. The second-order valence-electron chi connectivity index (χ2n) is 16.6. The molecule has 0 atom stereocenters. The van der Waals surface area contributed by atoms with Gasteiger partial charge in [0, 0.05) is 44.4 Å². The third-order valence-electron chi connectivity index (χ3n) is 12.8. The molecular weight excluding hydrogens is 677 g/mol.